The van der Waals surface area contributed by atoms with Gasteiger partial charge in [0.15, 0.2) is 0 Å². The summed E-state index contributed by atoms with van der Waals surface area (Å²) in [7, 11) is 1.59. The van der Waals surface area contributed by atoms with Gasteiger partial charge in [0.25, 0.3) is 5.91 Å². The molecule has 0 atom stereocenters. The molecule has 0 spiro atoms. The van der Waals surface area contributed by atoms with Gasteiger partial charge in [0.2, 0.25) is 5.95 Å². The van der Waals surface area contributed by atoms with Gasteiger partial charge in [0, 0.05) is 30.3 Å². The van der Waals surface area contributed by atoms with E-state index in [2.05, 4.69) is 25.6 Å². The van der Waals surface area contributed by atoms with Crippen LogP contribution in [0.25, 0.3) is 0 Å². The fraction of sp³-hybridized carbons (Fsp3) is 0.158. The van der Waals surface area contributed by atoms with Crippen LogP contribution in [0.2, 0.25) is 0 Å². The van der Waals surface area contributed by atoms with Crippen LogP contribution in [0.3, 0.4) is 0 Å². The van der Waals surface area contributed by atoms with E-state index in [-0.39, 0.29) is 5.91 Å². The first kappa shape index (κ1) is 17.3. The number of aromatic nitrogens is 3. The van der Waals surface area contributed by atoms with E-state index < -0.39 is 0 Å². The minimum Gasteiger partial charge on any atom is -0.497 e. The Kier molecular flexibility index (Phi) is 5.38. The summed E-state index contributed by atoms with van der Waals surface area (Å²) in [6.07, 6.45) is 3.45. The predicted octanol–water partition coefficient (Wildman–Crippen LogP) is 3.05. The molecule has 0 radical (unpaired) electrons. The van der Waals surface area contributed by atoms with E-state index in [9.17, 15) is 4.79 Å². The zero-order chi connectivity index (χ0) is 18.4. The molecular weight excluding hydrogens is 330 g/mol. The van der Waals surface area contributed by atoms with Gasteiger partial charge in [0.1, 0.15) is 11.4 Å². The van der Waals surface area contributed by atoms with Gasteiger partial charge >= 0.3 is 0 Å². The molecule has 0 aliphatic rings. The lowest BCUT2D eigenvalue weighted by Crippen LogP contribution is -2.16. The van der Waals surface area contributed by atoms with E-state index in [1.165, 1.54) is 0 Å². The summed E-state index contributed by atoms with van der Waals surface area (Å²) in [5, 5.41) is 5.95. The molecule has 1 aromatic carbocycles. The number of anilines is 2. The SMILES string of the molecule is COc1ccc(NC(=O)c2cc(C)nc(NCc3ccncc3)n2)cc1. The van der Waals surface area contributed by atoms with Gasteiger partial charge in [-0.2, -0.15) is 0 Å². The number of hydrogen-bond donors (Lipinski definition) is 2. The molecular formula is C19H19N5O2. The van der Waals surface area contributed by atoms with E-state index in [4.69, 9.17) is 4.74 Å². The van der Waals surface area contributed by atoms with E-state index in [1.54, 1.807) is 49.8 Å². The zero-order valence-corrected chi connectivity index (χ0v) is 14.6. The highest BCUT2D eigenvalue weighted by molar-refractivity contribution is 6.03. The molecule has 132 valence electrons. The number of nitrogens with zero attached hydrogens (tertiary/aromatic N) is 3. The first-order valence-corrected chi connectivity index (χ1v) is 8.08. The van der Waals surface area contributed by atoms with Crippen LogP contribution in [0.5, 0.6) is 5.75 Å². The number of pyridine rings is 1. The van der Waals surface area contributed by atoms with Crippen molar-refractivity contribution in [1.29, 1.82) is 0 Å². The normalized spacial score (nSPS) is 10.2. The van der Waals surface area contributed by atoms with Crippen LogP contribution in [0.15, 0.2) is 54.9 Å². The van der Waals surface area contributed by atoms with Gasteiger partial charge in [0.05, 0.1) is 7.11 Å². The second-order valence-corrected chi connectivity index (χ2v) is 5.61. The summed E-state index contributed by atoms with van der Waals surface area (Å²) >= 11 is 0. The number of hydrogen-bond acceptors (Lipinski definition) is 6. The molecule has 0 aliphatic heterocycles. The molecule has 0 saturated carbocycles. The largest absolute Gasteiger partial charge is 0.497 e. The molecule has 0 fully saturated rings. The van der Waals surface area contributed by atoms with Gasteiger partial charge in [-0.05, 0) is 55.0 Å². The number of rotatable bonds is 6. The van der Waals surface area contributed by atoms with Gasteiger partial charge in [-0.1, -0.05) is 0 Å². The van der Waals surface area contributed by atoms with Crippen molar-refractivity contribution in [3.63, 3.8) is 0 Å². The van der Waals surface area contributed by atoms with E-state index in [1.807, 2.05) is 19.1 Å². The van der Waals surface area contributed by atoms with E-state index in [0.717, 1.165) is 11.3 Å². The average molecular weight is 349 g/mol. The van der Waals surface area contributed by atoms with Crippen molar-refractivity contribution in [1.82, 2.24) is 15.0 Å². The number of ether oxygens (including phenoxy) is 1. The van der Waals surface area contributed by atoms with Crippen LogP contribution in [-0.2, 0) is 6.54 Å². The van der Waals surface area contributed by atoms with E-state index in [0.29, 0.717) is 29.6 Å². The van der Waals surface area contributed by atoms with Crippen LogP contribution in [0, 0.1) is 6.92 Å². The maximum atomic E-state index is 12.5. The molecule has 2 aromatic heterocycles. The summed E-state index contributed by atoms with van der Waals surface area (Å²) in [5.41, 5.74) is 2.72. The Morgan fingerprint density at radius 2 is 1.81 bits per heavy atom. The van der Waals surface area contributed by atoms with Crippen molar-refractivity contribution in [2.24, 2.45) is 0 Å². The molecule has 7 heteroatoms. The summed E-state index contributed by atoms with van der Waals surface area (Å²) in [5.74, 6) is 0.831. The number of carbonyl (C=O) groups excluding carboxylic acids is 1. The molecule has 0 bridgehead atoms. The Morgan fingerprint density at radius 1 is 1.08 bits per heavy atom. The topological polar surface area (TPSA) is 89.0 Å². The third-order valence-corrected chi connectivity index (χ3v) is 3.63. The van der Waals surface area contributed by atoms with Gasteiger partial charge in [-0.25, -0.2) is 9.97 Å². The lowest BCUT2D eigenvalue weighted by molar-refractivity contribution is 0.102. The minimum atomic E-state index is -0.298. The molecule has 0 aliphatic carbocycles. The maximum absolute atomic E-state index is 12.5. The van der Waals surface area contributed by atoms with Crippen LogP contribution in [0.1, 0.15) is 21.7 Å². The molecule has 0 saturated heterocycles. The summed E-state index contributed by atoms with van der Waals surface area (Å²) in [4.78, 5) is 25.1. The Bertz CT molecular complexity index is 882. The fourth-order valence-corrected chi connectivity index (χ4v) is 2.32. The highest BCUT2D eigenvalue weighted by atomic mass is 16.5. The maximum Gasteiger partial charge on any atom is 0.274 e. The van der Waals surface area contributed by atoms with Crippen molar-refractivity contribution in [2.45, 2.75) is 13.5 Å². The summed E-state index contributed by atoms with van der Waals surface area (Å²) in [6.45, 7) is 2.37. The van der Waals surface area contributed by atoms with Crippen LogP contribution < -0.4 is 15.4 Å². The number of carbonyl (C=O) groups is 1. The van der Waals surface area contributed by atoms with Crippen LogP contribution in [0.4, 0.5) is 11.6 Å². The van der Waals surface area contributed by atoms with Gasteiger partial charge < -0.3 is 15.4 Å². The molecule has 26 heavy (non-hydrogen) atoms. The Balaban J connectivity index is 1.70. The smallest absolute Gasteiger partial charge is 0.274 e. The lowest BCUT2D eigenvalue weighted by atomic mass is 10.2. The Morgan fingerprint density at radius 3 is 2.50 bits per heavy atom. The molecule has 2 heterocycles. The van der Waals surface area contributed by atoms with Crippen molar-refractivity contribution >= 4 is 17.5 Å². The van der Waals surface area contributed by atoms with Crippen LogP contribution >= 0.6 is 0 Å². The summed E-state index contributed by atoms with van der Waals surface area (Å²) in [6, 6.07) is 12.6. The quantitative estimate of drug-likeness (QED) is 0.711. The first-order chi connectivity index (χ1) is 12.6. The predicted molar refractivity (Wildman–Crippen MR) is 99.3 cm³/mol. The highest BCUT2D eigenvalue weighted by Crippen LogP contribution is 2.16. The minimum absolute atomic E-state index is 0.297. The molecule has 7 nitrogen and oxygen atoms in total. The highest BCUT2D eigenvalue weighted by Gasteiger charge is 2.11. The molecule has 3 rings (SSSR count). The Hall–Kier alpha value is -3.48. The van der Waals surface area contributed by atoms with Gasteiger partial charge in [-0.15, -0.1) is 0 Å². The molecule has 1 amide bonds. The summed E-state index contributed by atoms with van der Waals surface area (Å²) < 4.78 is 5.11. The molecule has 0 unspecified atom stereocenters. The fourth-order valence-electron chi connectivity index (χ4n) is 2.32. The standard InChI is InChI=1S/C19H19N5O2/c1-13-11-17(18(25)23-15-3-5-16(26-2)6-4-15)24-19(22-13)21-12-14-7-9-20-10-8-14/h3-11H,12H2,1-2H3,(H,23,25)(H,21,22,24). The van der Waals surface area contributed by atoms with Crippen molar-refractivity contribution < 1.29 is 9.53 Å². The second kappa shape index (κ2) is 8.06. The third-order valence-electron chi connectivity index (χ3n) is 3.63. The van der Waals surface area contributed by atoms with Gasteiger partial charge in [-0.3, -0.25) is 9.78 Å². The van der Waals surface area contributed by atoms with Crippen molar-refractivity contribution in [3.8, 4) is 5.75 Å². The lowest BCUT2D eigenvalue weighted by Gasteiger charge is -2.09. The number of amides is 1. The zero-order valence-electron chi connectivity index (χ0n) is 14.6. The third kappa shape index (κ3) is 4.54. The monoisotopic (exact) mass is 349 g/mol. The number of aryl methyl sites for hydroxylation is 1. The average Bonchev–Trinajstić information content (AvgIpc) is 2.67. The van der Waals surface area contributed by atoms with Crippen molar-refractivity contribution in [2.75, 3.05) is 17.7 Å². The first-order valence-electron chi connectivity index (χ1n) is 8.08. The molecule has 3 aromatic rings. The number of nitrogens with one attached hydrogen (secondary N) is 2. The number of benzene rings is 1. The van der Waals surface area contributed by atoms with Crippen molar-refractivity contribution in [3.05, 3.63) is 71.8 Å². The van der Waals surface area contributed by atoms with Crippen LogP contribution in [-0.4, -0.2) is 28.0 Å². The van der Waals surface area contributed by atoms with E-state index >= 15 is 0 Å². The second-order valence-electron chi connectivity index (χ2n) is 5.61. The molecule has 2 N–H and O–H groups in total. The number of methoxy groups -OCH3 is 1. The Labute approximate surface area is 151 Å².